The normalized spacial score (nSPS) is 18.3. The van der Waals surface area contributed by atoms with Gasteiger partial charge in [-0.1, -0.05) is 12.1 Å². The monoisotopic (exact) mass is 388 g/mol. The molecular weight excluding hydrogens is 364 g/mol. The Labute approximate surface area is 159 Å². The molecule has 1 N–H and O–H groups in total. The summed E-state index contributed by atoms with van der Waals surface area (Å²) in [7, 11) is -3.00. The zero-order valence-corrected chi connectivity index (χ0v) is 16.6. The summed E-state index contributed by atoms with van der Waals surface area (Å²) >= 11 is 0. The molecule has 1 saturated heterocycles. The molecule has 3 rings (SSSR count). The van der Waals surface area contributed by atoms with Gasteiger partial charge in [0.15, 0.2) is 9.84 Å². The quantitative estimate of drug-likeness (QED) is 0.845. The van der Waals surface area contributed by atoms with Crippen LogP contribution in [0, 0.1) is 13.8 Å². The van der Waals surface area contributed by atoms with Crippen LogP contribution >= 0.6 is 0 Å². The Morgan fingerprint density at radius 2 is 2.04 bits per heavy atom. The standard InChI is InChI=1S/C19H24N4O3S/c1-4-23(15-7-8-27(25,26)11-15)18-10-17(20-12-21-18)19(24)22-16-9-13(2)5-6-14(16)3/h5-6,9-10,12,15H,4,7-8,11H2,1-3H3,(H,22,24). The van der Waals surface area contributed by atoms with Gasteiger partial charge in [0, 0.05) is 24.3 Å². The lowest BCUT2D eigenvalue weighted by Crippen LogP contribution is -2.37. The van der Waals surface area contributed by atoms with Gasteiger partial charge in [0.05, 0.1) is 11.5 Å². The van der Waals surface area contributed by atoms with Gasteiger partial charge in [-0.05, 0) is 44.4 Å². The second-order valence-corrected chi connectivity index (χ2v) is 9.11. The number of aromatic nitrogens is 2. The van der Waals surface area contributed by atoms with E-state index in [1.165, 1.54) is 6.33 Å². The van der Waals surface area contributed by atoms with Crippen LogP contribution in [0.1, 0.15) is 35.0 Å². The van der Waals surface area contributed by atoms with Gasteiger partial charge in [-0.15, -0.1) is 0 Å². The number of carbonyl (C=O) groups excluding carboxylic acids is 1. The number of carbonyl (C=O) groups is 1. The molecule has 1 unspecified atom stereocenters. The molecule has 7 nitrogen and oxygen atoms in total. The molecule has 2 heterocycles. The molecule has 0 spiro atoms. The van der Waals surface area contributed by atoms with Gasteiger partial charge in [0.2, 0.25) is 0 Å². The highest BCUT2D eigenvalue weighted by atomic mass is 32.2. The maximum absolute atomic E-state index is 12.6. The van der Waals surface area contributed by atoms with Crippen LogP contribution in [-0.4, -0.2) is 48.4 Å². The van der Waals surface area contributed by atoms with Crippen molar-refractivity contribution in [2.75, 3.05) is 28.3 Å². The predicted molar refractivity (Wildman–Crippen MR) is 106 cm³/mol. The van der Waals surface area contributed by atoms with Crippen LogP contribution in [0.3, 0.4) is 0 Å². The Hall–Kier alpha value is -2.48. The van der Waals surface area contributed by atoms with Crippen LogP contribution in [0.25, 0.3) is 0 Å². The number of rotatable bonds is 5. The minimum atomic E-state index is -3.00. The van der Waals surface area contributed by atoms with E-state index in [1.807, 2.05) is 43.9 Å². The van der Waals surface area contributed by atoms with E-state index in [-0.39, 0.29) is 29.1 Å². The molecule has 0 bridgehead atoms. The van der Waals surface area contributed by atoms with E-state index < -0.39 is 9.84 Å². The Bertz CT molecular complexity index is 959. The summed E-state index contributed by atoms with van der Waals surface area (Å²) in [6, 6.07) is 7.36. The van der Waals surface area contributed by atoms with Crippen molar-refractivity contribution in [1.29, 1.82) is 0 Å². The average Bonchev–Trinajstić information content (AvgIpc) is 2.98. The van der Waals surface area contributed by atoms with Gasteiger partial charge >= 0.3 is 0 Å². The Morgan fingerprint density at radius 3 is 2.70 bits per heavy atom. The SMILES string of the molecule is CCN(c1cc(C(=O)Nc2cc(C)ccc2C)ncn1)C1CCS(=O)(=O)C1. The first-order valence-electron chi connectivity index (χ1n) is 8.97. The molecule has 8 heteroatoms. The zero-order valence-electron chi connectivity index (χ0n) is 15.8. The number of amides is 1. The predicted octanol–water partition coefficient (Wildman–Crippen LogP) is 2.36. The largest absolute Gasteiger partial charge is 0.353 e. The molecule has 2 aromatic rings. The van der Waals surface area contributed by atoms with Crippen LogP contribution < -0.4 is 10.2 Å². The molecule has 1 aromatic carbocycles. The first-order valence-corrected chi connectivity index (χ1v) is 10.8. The van der Waals surface area contributed by atoms with E-state index in [0.29, 0.717) is 18.8 Å². The molecular formula is C19H24N4O3S. The molecule has 1 amide bonds. The van der Waals surface area contributed by atoms with Crippen molar-refractivity contribution in [2.45, 2.75) is 33.2 Å². The number of benzene rings is 1. The number of sulfone groups is 1. The van der Waals surface area contributed by atoms with E-state index in [1.54, 1.807) is 6.07 Å². The molecule has 0 saturated carbocycles. The molecule has 1 aliphatic heterocycles. The fourth-order valence-corrected chi connectivity index (χ4v) is 5.04. The van der Waals surface area contributed by atoms with Crippen LogP contribution in [0.5, 0.6) is 0 Å². The second-order valence-electron chi connectivity index (χ2n) is 6.88. The molecule has 1 atom stereocenters. The third-order valence-electron chi connectivity index (χ3n) is 4.81. The highest BCUT2D eigenvalue weighted by Crippen LogP contribution is 2.23. The summed E-state index contributed by atoms with van der Waals surface area (Å²) in [5.74, 6) is 0.567. The Morgan fingerprint density at radius 1 is 1.26 bits per heavy atom. The van der Waals surface area contributed by atoms with Gasteiger partial charge in [0.25, 0.3) is 5.91 Å². The summed E-state index contributed by atoms with van der Waals surface area (Å²) in [5, 5.41) is 2.89. The van der Waals surface area contributed by atoms with Gasteiger partial charge in [-0.25, -0.2) is 18.4 Å². The molecule has 1 aliphatic rings. The van der Waals surface area contributed by atoms with Crippen molar-refractivity contribution < 1.29 is 13.2 Å². The van der Waals surface area contributed by atoms with E-state index in [4.69, 9.17) is 0 Å². The highest BCUT2D eigenvalue weighted by Gasteiger charge is 2.32. The molecule has 1 fully saturated rings. The second kappa shape index (κ2) is 7.64. The molecule has 1 aromatic heterocycles. The van der Waals surface area contributed by atoms with Crippen LogP contribution in [0.15, 0.2) is 30.6 Å². The smallest absolute Gasteiger partial charge is 0.274 e. The lowest BCUT2D eigenvalue weighted by atomic mass is 10.1. The summed E-state index contributed by atoms with van der Waals surface area (Å²) in [5.41, 5.74) is 3.02. The summed E-state index contributed by atoms with van der Waals surface area (Å²) in [6.45, 7) is 6.45. The van der Waals surface area contributed by atoms with Crippen molar-refractivity contribution in [3.8, 4) is 0 Å². The maximum Gasteiger partial charge on any atom is 0.274 e. The van der Waals surface area contributed by atoms with Crippen molar-refractivity contribution >= 4 is 27.2 Å². The van der Waals surface area contributed by atoms with Crippen LogP contribution in [0.2, 0.25) is 0 Å². The highest BCUT2D eigenvalue weighted by molar-refractivity contribution is 7.91. The number of nitrogens with zero attached hydrogens (tertiary/aromatic N) is 3. The minimum Gasteiger partial charge on any atom is -0.353 e. The van der Waals surface area contributed by atoms with Gasteiger partial charge < -0.3 is 10.2 Å². The summed E-state index contributed by atoms with van der Waals surface area (Å²) < 4.78 is 23.6. The molecule has 144 valence electrons. The number of aryl methyl sites for hydroxylation is 2. The first kappa shape index (κ1) is 19.3. The van der Waals surface area contributed by atoms with Crippen molar-refractivity contribution in [3.05, 3.63) is 47.4 Å². The van der Waals surface area contributed by atoms with E-state index in [2.05, 4.69) is 15.3 Å². The van der Waals surface area contributed by atoms with Crippen molar-refractivity contribution in [1.82, 2.24) is 9.97 Å². The zero-order chi connectivity index (χ0) is 19.6. The summed E-state index contributed by atoms with van der Waals surface area (Å²) in [6.07, 6.45) is 1.92. The third-order valence-corrected chi connectivity index (χ3v) is 6.56. The van der Waals surface area contributed by atoms with E-state index >= 15 is 0 Å². The number of hydrogen-bond acceptors (Lipinski definition) is 6. The fraction of sp³-hybridized carbons (Fsp3) is 0.421. The fourth-order valence-electron chi connectivity index (χ4n) is 3.31. The Kier molecular flexibility index (Phi) is 5.46. The number of anilines is 2. The molecule has 27 heavy (non-hydrogen) atoms. The van der Waals surface area contributed by atoms with Gasteiger partial charge in [-0.3, -0.25) is 4.79 Å². The van der Waals surface area contributed by atoms with E-state index in [0.717, 1.165) is 16.8 Å². The van der Waals surface area contributed by atoms with Gasteiger partial charge in [0.1, 0.15) is 17.8 Å². The van der Waals surface area contributed by atoms with Crippen LogP contribution in [-0.2, 0) is 9.84 Å². The van der Waals surface area contributed by atoms with Crippen molar-refractivity contribution in [3.63, 3.8) is 0 Å². The lowest BCUT2D eigenvalue weighted by molar-refractivity contribution is 0.102. The molecule has 0 radical (unpaired) electrons. The van der Waals surface area contributed by atoms with Crippen LogP contribution in [0.4, 0.5) is 11.5 Å². The maximum atomic E-state index is 12.6. The molecule has 0 aliphatic carbocycles. The number of hydrogen-bond donors (Lipinski definition) is 1. The lowest BCUT2D eigenvalue weighted by Gasteiger charge is -2.27. The minimum absolute atomic E-state index is 0.120. The van der Waals surface area contributed by atoms with Gasteiger partial charge in [-0.2, -0.15) is 0 Å². The Balaban J connectivity index is 1.82. The average molecular weight is 388 g/mol. The number of nitrogens with one attached hydrogen (secondary N) is 1. The third kappa shape index (κ3) is 4.44. The van der Waals surface area contributed by atoms with E-state index in [9.17, 15) is 13.2 Å². The summed E-state index contributed by atoms with van der Waals surface area (Å²) in [4.78, 5) is 22.9. The van der Waals surface area contributed by atoms with Crippen molar-refractivity contribution in [2.24, 2.45) is 0 Å². The first-order chi connectivity index (χ1) is 12.8. The topological polar surface area (TPSA) is 92.3 Å².